The number of hydrogen-bond donors (Lipinski definition) is 2. The van der Waals surface area contributed by atoms with Gasteiger partial charge in [-0.2, -0.15) is 0 Å². The lowest BCUT2D eigenvalue weighted by Gasteiger charge is -2.61. The van der Waals surface area contributed by atoms with Crippen molar-refractivity contribution in [2.24, 2.45) is 0 Å². The van der Waals surface area contributed by atoms with Crippen molar-refractivity contribution in [2.75, 3.05) is 6.61 Å². The van der Waals surface area contributed by atoms with Gasteiger partial charge in [0.15, 0.2) is 6.29 Å². The van der Waals surface area contributed by atoms with Gasteiger partial charge in [-0.05, 0) is 27.2 Å². The van der Waals surface area contributed by atoms with Crippen LogP contribution in [0.5, 0.6) is 0 Å². The normalized spacial score (nSPS) is 47.2. The van der Waals surface area contributed by atoms with Crippen LogP contribution >= 0.6 is 0 Å². The predicted molar refractivity (Wildman–Crippen MR) is 117 cm³/mol. The second kappa shape index (κ2) is 8.29. The molecule has 0 unspecified atom stereocenters. The summed E-state index contributed by atoms with van der Waals surface area (Å²) in [4.78, 5) is 11.1. The molecule has 4 fully saturated rings. The molecule has 8 nitrogen and oxygen atoms in total. The van der Waals surface area contributed by atoms with Crippen molar-refractivity contribution in [2.45, 2.75) is 106 Å². The number of rotatable bonds is 4. The molecule has 33 heavy (non-hydrogen) atoms. The van der Waals surface area contributed by atoms with E-state index in [-0.39, 0.29) is 37.3 Å². The largest absolute Gasteiger partial charge is 0.481 e. The van der Waals surface area contributed by atoms with E-state index in [9.17, 15) is 9.90 Å². The van der Waals surface area contributed by atoms with E-state index in [1.807, 2.05) is 44.2 Å². The molecule has 0 amide bonds. The second-order valence-electron chi connectivity index (χ2n) is 10.6. The average molecular weight is 463 g/mol. The Balaban J connectivity index is 1.31. The van der Waals surface area contributed by atoms with Crippen molar-refractivity contribution < 1.29 is 38.7 Å². The first-order chi connectivity index (χ1) is 15.6. The number of carbonyl (C=O) groups is 1. The fourth-order valence-electron chi connectivity index (χ4n) is 6.10. The smallest absolute Gasteiger partial charge is 0.303 e. The molecule has 2 N–H and O–H groups in total. The number of carboxylic acid groups (broad SMARTS) is 1. The second-order valence-corrected chi connectivity index (χ2v) is 10.6. The first kappa shape index (κ1) is 23.2. The minimum Gasteiger partial charge on any atom is -0.481 e. The standard InChI is InChI=1S/C25H34O8/c1-23(10-9-21(27)28)18(26)12-20-25(3,33-23)14-24(2)19(31-20)11-16-17(32-24)13-29-22(30-16)15-7-5-4-6-8-15/h4-8,16-20,22,26H,9-14H2,1-3H3,(H,27,28)/t16-,17+,18+,19+,20-,22+,23-,24-,25+/m1/s1. The van der Waals surface area contributed by atoms with Gasteiger partial charge in [-0.3, -0.25) is 4.79 Å². The van der Waals surface area contributed by atoms with Crippen LogP contribution in [0, 0.1) is 0 Å². The molecule has 0 saturated carbocycles. The Morgan fingerprint density at radius 1 is 1.03 bits per heavy atom. The molecule has 182 valence electrons. The van der Waals surface area contributed by atoms with Gasteiger partial charge in [0, 0.05) is 31.2 Å². The number of aliphatic hydroxyl groups is 1. The number of benzene rings is 1. The summed E-state index contributed by atoms with van der Waals surface area (Å²) in [5.41, 5.74) is -1.28. The third-order valence-corrected chi connectivity index (χ3v) is 7.90. The molecule has 0 spiro atoms. The van der Waals surface area contributed by atoms with Gasteiger partial charge in [0.1, 0.15) is 6.10 Å². The minimum atomic E-state index is -0.951. The lowest BCUT2D eigenvalue weighted by atomic mass is 9.70. The van der Waals surface area contributed by atoms with Crippen LogP contribution < -0.4 is 0 Å². The number of hydrogen-bond acceptors (Lipinski definition) is 7. The van der Waals surface area contributed by atoms with E-state index in [4.69, 9.17) is 28.8 Å². The Labute approximate surface area is 194 Å². The van der Waals surface area contributed by atoms with Gasteiger partial charge in [0.05, 0.1) is 47.8 Å². The van der Waals surface area contributed by atoms with Crippen molar-refractivity contribution in [1.29, 1.82) is 0 Å². The molecule has 0 bridgehead atoms. The van der Waals surface area contributed by atoms with E-state index in [1.54, 1.807) is 6.92 Å². The van der Waals surface area contributed by atoms with Gasteiger partial charge in [-0.15, -0.1) is 0 Å². The van der Waals surface area contributed by atoms with Gasteiger partial charge in [0.2, 0.25) is 0 Å². The van der Waals surface area contributed by atoms with E-state index in [2.05, 4.69) is 0 Å². The van der Waals surface area contributed by atoms with Crippen LogP contribution in [0.2, 0.25) is 0 Å². The highest BCUT2D eigenvalue weighted by atomic mass is 16.7. The summed E-state index contributed by atoms with van der Waals surface area (Å²) in [5, 5.41) is 20.0. The Hall–Kier alpha value is -1.55. The first-order valence-electron chi connectivity index (χ1n) is 11.9. The number of carboxylic acids is 1. The summed E-state index contributed by atoms with van der Waals surface area (Å²) in [5.74, 6) is -0.904. The molecule has 9 atom stereocenters. The van der Waals surface area contributed by atoms with E-state index in [0.29, 0.717) is 25.9 Å². The number of ether oxygens (including phenoxy) is 5. The fraction of sp³-hybridized carbons (Fsp3) is 0.720. The van der Waals surface area contributed by atoms with Crippen molar-refractivity contribution >= 4 is 5.97 Å². The van der Waals surface area contributed by atoms with Crippen LogP contribution in [0.25, 0.3) is 0 Å². The zero-order valence-electron chi connectivity index (χ0n) is 19.4. The quantitative estimate of drug-likeness (QED) is 0.704. The van der Waals surface area contributed by atoms with E-state index in [0.717, 1.165) is 5.56 Å². The Morgan fingerprint density at radius 2 is 1.76 bits per heavy atom. The van der Waals surface area contributed by atoms with Crippen LogP contribution in [0.15, 0.2) is 30.3 Å². The van der Waals surface area contributed by atoms with Gasteiger partial charge in [0.25, 0.3) is 0 Å². The molecule has 4 aliphatic rings. The monoisotopic (exact) mass is 462 g/mol. The van der Waals surface area contributed by atoms with Gasteiger partial charge < -0.3 is 33.9 Å². The van der Waals surface area contributed by atoms with E-state index >= 15 is 0 Å². The minimum absolute atomic E-state index is 0.0629. The Bertz CT molecular complexity index is 878. The SMILES string of the molecule is C[C@@]12C[C@]3(C)O[C@](C)(CCC(=O)O)[C@@H](O)C[C@H]3O[C@H]1C[C@H]1O[C@@H](c3ccccc3)OC[C@@H]1O2. The molecule has 1 aromatic rings. The third-order valence-electron chi connectivity index (χ3n) is 7.90. The highest BCUT2D eigenvalue weighted by molar-refractivity contribution is 5.66. The van der Waals surface area contributed by atoms with Crippen LogP contribution in [0.3, 0.4) is 0 Å². The van der Waals surface area contributed by atoms with Crippen molar-refractivity contribution in [3.63, 3.8) is 0 Å². The maximum absolute atomic E-state index is 11.1. The Morgan fingerprint density at radius 3 is 2.48 bits per heavy atom. The van der Waals surface area contributed by atoms with Crippen LogP contribution in [-0.2, 0) is 28.5 Å². The van der Waals surface area contributed by atoms with Gasteiger partial charge in [-0.1, -0.05) is 30.3 Å². The van der Waals surface area contributed by atoms with Crippen molar-refractivity contribution in [1.82, 2.24) is 0 Å². The summed E-state index contributed by atoms with van der Waals surface area (Å²) in [6, 6.07) is 9.87. The maximum Gasteiger partial charge on any atom is 0.303 e. The number of aliphatic carboxylic acids is 1. The zero-order valence-corrected chi connectivity index (χ0v) is 19.4. The van der Waals surface area contributed by atoms with E-state index in [1.165, 1.54) is 0 Å². The van der Waals surface area contributed by atoms with Gasteiger partial charge in [-0.25, -0.2) is 0 Å². The lowest BCUT2D eigenvalue weighted by molar-refractivity contribution is -0.379. The molecule has 5 rings (SSSR count). The van der Waals surface area contributed by atoms with Crippen LogP contribution in [-0.4, -0.2) is 70.1 Å². The maximum atomic E-state index is 11.1. The van der Waals surface area contributed by atoms with Crippen molar-refractivity contribution in [3.8, 4) is 0 Å². The van der Waals surface area contributed by atoms with Crippen molar-refractivity contribution in [3.05, 3.63) is 35.9 Å². The fourth-order valence-corrected chi connectivity index (χ4v) is 6.10. The lowest BCUT2D eigenvalue weighted by Crippen LogP contribution is -2.71. The molecule has 4 heterocycles. The average Bonchev–Trinajstić information content (AvgIpc) is 2.76. The summed E-state index contributed by atoms with van der Waals surface area (Å²) in [6.07, 6.45) is -0.287. The number of aliphatic hydroxyl groups excluding tert-OH is 1. The molecule has 0 aliphatic carbocycles. The first-order valence-corrected chi connectivity index (χ1v) is 11.9. The Kier molecular flexibility index (Phi) is 5.83. The zero-order chi connectivity index (χ0) is 23.4. The highest BCUT2D eigenvalue weighted by Crippen LogP contribution is 2.52. The third kappa shape index (κ3) is 4.22. The van der Waals surface area contributed by atoms with E-state index < -0.39 is 35.2 Å². The number of fused-ring (bicyclic) bond motifs is 3. The molecular formula is C25H34O8. The molecular weight excluding hydrogens is 428 g/mol. The predicted octanol–water partition coefficient (Wildman–Crippen LogP) is 2.97. The molecule has 0 aromatic heterocycles. The topological polar surface area (TPSA) is 104 Å². The summed E-state index contributed by atoms with van der Waals surface area (Å²) in [7, 11) is 0. The molecule has 8 heteroatoms. The molecule has 1 aromatic carbocycles. The van der Waals surface area contributed by atoms with Gasteiger partial charge >= 0.3 is 5.97 Å². The summed E-state index contributed by atoms with van der Waals surface area (Å²) in [6.45, 7) is 6.25. The molecule has 4 saturated heterocycles. The molecule has 0 radical (unpaired) electrons. The summed E-state index contributed by atoms with van der Waals surface area (Å²) >= 11 is 0. The summed E-state index contributed by atoms with van der Waals surface area (Å²) < 4.78 is 31.8. The highest BCUT2D eigenvalue weighted by Gasteiger charge is 2.62. The molecule has 4 aliphatic heterocycles. The van der Waals surface area contributed by atoms with Crippen LogP contribution in [0.4, 0.5) is 0 Å². The van der Waals surface area contributed by atoms with Crippen LogP contribution in [0.1, 0.15) is 64.7 Å².